The summed E-state index contributed by atoms with van der Waals surface area (Å²) in [5.41, 5.74) is 2.45. The lowest BCUT2D eigenvalue weighted by Crippen LogP contribution is -2.21. The van der Waals surface area contributed by atoms with E-state index in [1.165, 1.54) is 11.1 Å². The number of nitrogens with zero attached hydrogens (tertiary/aromatic N) is 2. The van der Waals surface area contributed by atoms with Gasteiger partial charge in [0.25, 0.3) is 0 Å². The zero-order chi connectivity index (χ0) is 13.8. The van der Waals surface area contributed by atoms with Crippen molar-refractivity contribution in [3.8, 4) is 0 Å². The molecule has 0 aliphatic heterocycles. The lowest BCUT2D eigenvalue weighted by Gasteiger charge is -2.10. The van der Waals surface area contributed by atoms with E-state index in [9.17, 15) is 0 Å². The van der Waals surface area contributed by atoms with E-state index < -0.39 is 0 Å². The van der Waals surface area contributed by atoms with Gasteiger partial charge in [-0.05, 0) is 17.2 Å². The van der Waals surface area contributed by atoms with E-state index in [1.807, 2.05) is 10.9 Å². The molecule has 0 bridgehead atoms. The van der Waals surface area contributed by atoms with Crippen LogP contribution in [0.25, 0.3) is 0 Å². The van der Waals surface area contributed by atoms with E-state index in [-0.39, 0.29) is 0 Å². The second kappa shape index (κ2) is 6.55. The molecule has 0 atom stereocenters. The Bertz CT molecular complexity index is 551. The van der Waals surface area contributed by atoms with Crippen molar-refractivity contribution in [3.05, 3.63) is 51.2 Å². The standard InChI is InChI=1S/C14H17BrClN3/c1-10(2)17-6-11-3-4-12(14(15)5-11)8-19-9-13(16)7-18-19/h3-5,7,9-10,17H,6,8H2,1-2H3. The van der Waals surface area contributed by atoms with Gasteiger partial charge in [0, 0.05) is 23.3 Å². The van der Waals surface area contributed by atoms with Gasteiger partial charge in [0.2, 0.25) is 0 Å². The highest BCUT2D eigenvalue weighted by atomic mass is 79.9. The Labute approximate surface area is 127 Å². The Morgan fingerprint density at radius 2 is 2.21 bits per heavy atom. The van der Waals surface area contributed by atoms with Gasteiger partial charge < -0.3 is 5.32 Å². The van der Waals surface area contributed by atoms with Crippen LogP contribution in [0.4, 0.5) is 0 Å². The van der Waals surface area contributed by atoms with Crippen LogP contribution in [0.15, 0.2) is 35.1 Å². The first-order valence-electron chi connectivity index (χ1n) is 6.23. The number of hydrogen-bond acceptors (Lipinski definition) is 2. The molecule has 0 fully saturated rings. The van der Waals surface area contributed by atoms with Gasteiger partial charge in [-0.25, -0.2) is 0 Å². The quantitative estimate of drug-likeness (QED) is 0.894. The lowest BCUT2D eigenvalue weighted by atomic mass is 10.1. The average Bonchev–Trinajstić information content (AvgIpc) is 2.75. The van der Waals surface area contributed by atoms with Crippen molar-refractivity contribution in [1.82, 2.24) is 15.1 Å². The molecular weight excluding hydrogens is 326 g/mol. The van der Waals surface area contributed by atoms with Gasteiger partial charge in [-0.2, -0.15) is 5.10 Å². The Kier molecular flexibility index (Phi) is 5.02. The van der Waals surface area contributed by atoms with Gasteiger partial charge in [-0.3, -0.25) is 4.68 Å². The predicted molar refractivity (Wildman–Crippen MR) is 82.5 cm³/mol. The Balaban J connectivity index is 2.06. The lowest BCUT2D eigenvalue weighted by molar-refractivity contribution is 0.588. The van der Waals surface area contributed by atoms with Crippen molar-refractivity contribution in [3.63, 3.8) is 0 Å². The molecule has 0 amide bonds. The Morgan fingerprint density at radius 1 is 1.42 bits per heavy atom. The summed E-state index contributed by atoms with van der Waals surface area (Å²) < 4.78 is 2.93. The van der Waals surface area contributed by atoms with E-state index in [4.69, 9.17) is 11.6 Å². The summed E-state index contributed by atoms with van der Waals surface area (Å²) in [5.74, 6) is 0. The minimum atomic E-state index is 0.490. The van der Waals surface area contributed by atoms with Gasteiger partial charge in [0.1, 0.15) is 0 Å². The number of rotatable bonds is 5. The molecule has 2 aromatic rings. The number of halogens is 2. The largest absolute Gasteiger partial charge is 0.310 e. The molecule has 1 aromatic heterocycles. The molecule has 0 aliphatic rings. The van der Waals surface area contributed by atoms with Crippen LogP contribution in [0.2, 0.25) is 5.02 Å². The van der Waals surface area contributed by atoms with Crippen molar-refractivity contribution in [1.29, 1.82) is 0 Å². The van der Waals surface area contributed by atoms with Crippen LogP contribution in [0.3, 0.4) is 0 Å². The third-order valence-electron chi connectivity index (χ3n) is 2.77. The molecule has 0 aliphatic carbocycles. The summed E-state index contributed by atoms with van der Waals surface area (Å²) in [7, 11) is 0. The van der Waals surface area contributed by atoms with E-state index in [0.717, 1.165) is 11.0 Å². The molecular formula is C14H17BrClN3. The summed E-state index contributed by atoms with van der Waals surface area (Å²) in [6.45, 7) is 5.88. The predicted octanol–water partition coefficient (Wildman–Crippen LogP) is 3.85. The second-order valence-electron chi connectivity index (χ2n) is 4.82. The van der Waals surface area contributed by atoms with Crippen molar-refractivity contribution < 1.29 is 0 Å². The highest BCUT2D eigenvalue weighted by Gasteiger charge is 2.04. The fourth-order valence-electron chi connectivity index (χ4n) is 1.75. The van der Waals surface area contributed by atoms with Crippen LogP contribution in [-0.2, 0) is 13.1 Å². The van der Waals surface area contributed by atoms with Gasteiger partial charge >= 0.3 is 0 Å². The summed E-state index contributed by atoms with van der Waals surface area (Å²) in [5, 5.41) is 8.25. The topological polar surface area (TPSA) is 29.9 Å². The van der Waals surface area contributed by atoms with E-state index in [0.29, 0.717) is 17.6 Å². The average molecular weight is 343 g/mol. The van der Waals surface area contributed by atoms with Crippen LogP contribution in [0.5, 0.6) is 0 Å². The second-order valence-corrected chi connectivity index (χ2v) is 6.11. The van der Waals surface area contributed by atoms with E-state index in [2.05, 4.69) is 58.4 Å². The van der Waals surface area contributed by atoms with Crippen molar-refractivity contribution in [2.45, 2.75) is 33.0 Å². The van der Waals surface area contributed by atoms with Crippen LogP contribution >= 0.6 is 27.5 Å². The van der Waals surface area contributed by atoms with Gasteiger partial charge in [0.05, 0.1) is 17.8 Å². The Morgan fingerprint density at radius 3 is 2.79 bits per heavy atom. The maximum atomic E-state index is 5.86. The number of nitrogens with one attached hydrogen (secondary N) is 1. The monoisotopic (exact) mass is 341 g/mol. The molecule has 0 saturated heterocycles. The highest BCUT2D eigenvalue weighted by molar-refractivity contribution is 9.10. The van der Waals surface area contributed by atoms with Crippen LogP contribution in [-0.4, -0.2) is 15.8 Å². The fourth-order valence-corrected chi connectivity index (χ4v) is 2.46. The van der Waals surface area contributed by atoms with E-state index >= 15 is 0 Å². The maximum absolute atomic E-state index is 5.86. The fraction of sp³-hybridized carbons (Fsp3) is 0.357. The maximum Gasteiger partial charge on any atom is 0.0785 e. The molecule has 3 nitrogen and oxygen atoms in total. The Hall–Kier alpha value is -0.840. The molecule has 102 valence electrons. The van der Waals surface area contributed by atoms with Crippen LogP contribution in [0, 0.1) is 0 Å². The third kappa shape index (κ3) is 4.34. The smallest absolute Gasteiger partial charge is 0.0785 e. The number of aromatic nitrogens is 2. The highest BCUT2D eigenvalue weighted by Crippen LogP contribution is 2.20. The minimum absolute atomic E-state index is 0.490. The van der Waals surface area contributed by atoms with Gasteiger partial charge in [-0.1, -0.05) is 53.5 Å². The van der Waals surface area contributed by atoms with Crippen molar-refractivity contribution >= 4 is 27.5 Å². The minimum Gasteiger partial charge on any atom is -0.310 e. The molecule has 5 heteroatoms. The number of benzene rings is 1. The van der Waals surface area contributed by atoms with Gasteiger partial charge in [-0.15, -0.1) is 0 Å². The molecule has 19 heavy (non-hydrogen) atoms. The summed E-state index contributed by atoms with van der Waals surface area (Å²) in [6.07, 6.45) is 3.47. The zero-order valence-corrected chi connectivity index (χ0v) is 13.4. The molecule has 1 aromatic carbocycles. The molecule has 2 rings (SSSR count). The van der Waals surface area contributed by atoms with Gasteiger partial charge in [0.15, 0.2) is 0 Å². The summed E-state index contributed by atoms with van der Waals surface area (Å²) in [4.78, 5) is 0. The molecule has 0 unspecified atom stereocenters. The summed E-state index contributed by atoms with van der Waals surface area (Å²) in [6, 6.07) is 6.90. The van der Waals surface area contributed by atoms with Crippen LogP contribution < -0.4 is 5.32 Å². The normalized spacial score (nSPS) is 11.2. The SMILES string of the molecule is CC(C)NCc1ccc(Cn2cc(Cl)cn2)c(Br)c1. The van der Waals surface area contributed by atoms with Crippen LogP contribution in [0.1, 0.15) is 25.0 Å². The molecule has 0 radical (unpaired) electrons. The first-order chi connectivity index (χ1) is 9.04. The first-order valence-corrected chi connectivity index (χ1v) is 7.40. The molecule has 0 spiro atoms. The molecule has 1 heterocycles. The number of hydrogen-bond donors (Lipinski definition) is 1. The van der Waals surface area contributed by atoms with Crippen molar-refractivity contribution in [2.24, 2.45) is 0 Å². The van der Waals surface area contributed by atoms with E-state index in [1.54, 1.807) is 6.20 Å². The zero-order valence-electron chi connectivity index (χ0n) is 11.0. The molecule has 0 saturated carbocycles. The summed E-state index contributed by atoms with van der Waals surface area (Å²) >= 11 is 9.48. The first kappa shape index (κ1) is 14.6. The van der Waals surface area contributed by atoms with Crippen molar-refractivity contribution in [2.75, 3.05) is 0 Å². The molecule has 1 N–H and O–H groups in total. The third-order valence-corrected chi connectivity index (χ3v) is 3.70.